The van der Waals surface area contributed by atoms with E-state index in [-0.39, 0.29) is 0 Å². The van der Waals surface area contributed by atoms with Crippen LogP contribution >= 0.6 is 0 Å². The fraction of sp³-hybridized carbons (Fsp3) is 0.0625. The Morgan fingerprint density at radius 1 is 1.00 bits per heavy atom. The minimum absolute atomic E-state index is 0.642. The summed E-state index contributed by atoms with van der Waals surface area (Å²) >= 11 is 0. The number of ether oxygens (including phenoxy) is 1. The molecule has 4 aromatic rings. The lowest BCUT2D eigenvalue weighted by molar-refractivity contribution is 0.386. The summed E-state index contributed by atoms with van der Waals surface area (Å²) in [5.41, 5.74) is 1.66. The van der Waals surface area contributed by atoms with Gasteiger partial charge in [0.2, 0.25) is 5.88 Å². The van der Waals surface area contributed by atoms with E-state index in [1.54, 1.807) is 17.8 Å². The van der Waals surface area contributed by atoms with Crippen molar-refractivity contribution >= 4 is 16.4 Å². The molecule has 4 rings (SSSR count). The third kappa shape index (κ3) is 1.82. The number of hydrogen-bond acceptors (Lipinski definition) is 4. The zero-order chi connectivity index (χ0) is 14.2. The minimum atomic E-state index is 0.642. The monoisotopic (exact) mass is 276 g/mol. The number of rotatable bonds is 2. The van der Waals surface area contributed by atoms with Crippen molar-refractivity contribution in [3.63, 3.8) is 0 Å². The highest BCUT2D eigenvalue weighted by Gasteiger charge is 2.12. The first-order valence-corrected chi connectivity index (χ1v) is 6.60. The number of nitrogens with zero attached hydrogens (tertiary/aromatic N) is 4. The second-order valence-electron chi connectivity index (χ2n) is 4.68. The van der Waals surface area contributed by atoms with E-state index >= 15 is 0 Å². The average molecular weight is 276 g/mol. The van der Waals surface area contributed by atoms with Gasteiger partial charge in [-0.3, -0.25) is 4.98 Å². The molecule has 21 heavy (non-hydrogen) atoms. The summed E-state index contributed by atoms with van der Waals surface area (Å²) in [5.74, 6) is 1.29. The van der Waals surface area contributed by atoms with Crippen LogP contribution < -0.4 is 4.74 Å². The van der Waals surface area contributed by atoms with E-state index in [0.29, 0.717) is 11.7 Å². The van der Waals surface area contributed by atoms with Crippen molar-refractivity contribution in [2.24, 2.45) is 0 Å². The van der Waals surface area contributed by atoms with Gasteiger partial charge in [-0.05, 0) is 11.5 Å². The van der Waals surface area contributed by atoms with E-state index in [1.807, 2.05) is 42.6 Å². The van der Waals surface area contributed by atoms with Crippen molar-refractivity contribution in [1.29, 1.82) is 0 Å². The molecule has 0 N–H and O–H groups in total. The van der Waals surface area contributed by atoms with Crippen LogP contribution in [0.1, 0.15) is 0 Å². The summed E-state index contributed by atoms with van der Waals surface area (Å²) in [7, 11) is 1.62. The molecule has 5 nitrogen and oxygen atoms in total. The molecule has 0 amide bonds. The van der Waals surface area contributed by atoms with E-state index < -0.39 is 0 Å². The molecule has 0 aliphatic carbocycles. The maximum Gasteiger partial charge on any atom is 0.216 e. The standard InChI is InChI=1S/C16H12N4O/c1-21-15-8-4-7-14-18-16(19-20(14)15)13-10-17-9-11-5-2-3-6-12(11)13/h2-10H,1H3. The highest BCUT2D eigenvalue weighted by atomic mass is 16.5. The van der Waals surface area contributed by atoms with Crippen molar-refractivity contribution in [3.05, 3.63) is 54.9 Å². The van der Waals surface area contributed by atoms with Gasteiger partial charge >= 0.3 is 0 Å². The summed E-state index contributed by atoms with van der Waals surface area (Å²) in [5, 5.41) is 6.70. The average Bonchev–Trinajstić information content (AvgIpc) is 2.98. The number of benzene rings is 1. The summed E-state index contributed by atoms with van der Waals surface area (Å²) in [6.45, 7) is 0. The van der Waals surface area contributed by atoms with Gasteiger partial charge in [0, 0.05) is 29.4 Å². The number of methoxy groups -OCH3 is 1. The smallest absolute Gasteiger partial charge is 0.216 e. The Morgan fingerprint density at radius 2 is 1.90 bits per heavy atom. The van der Waals surface area contributed by atoms with Gasteiger partial charge in [-0.2, -0.15) is 4.52 Å². The highest BCUT2D eigenvalue weighted by molar-refractivity contribution is 5.94. The molecule has 0 radical (unpaired) electrons. The SMILES string of the molecule is COc1cccc2nc(-c3cncc4ccccc34)nn12. The van der Waals surface area contributed by atoms with Crippen molar-refractivity contribution in [3.8, 4) is 17.3 Å². The van der Waals surface area contributed by atoms with Gasteiger partial charge in [0.25, 0.3) is 0 Å². The number of fused-ring (bicyclic) bond motifs is 2. The lowest BCUT2D eigenvalue weighted by Crippen LogP contribution is -1.95. The Labute approximate surface area is 120 Å². The van der Waals surface area contributed by atoms with E-state index in [2.05, 4.69) is 21.1 Å². The summed E-state index contributed by atoms with van der Waals surface area (Å²) in [4.78, 5) is 8.86. The number of aromatic nitrogens is 4. The van der Waals surface area contributed by atoms with Gasteiger partial charge in [-0.15, -0.1) is 5.10 Å². The second kappa shape index (κ2) is 4.56. The normalized spacial score (nSPS) is 11.1. The van der Waals surface area contributed by atoms with Gasteiger partial charge in [-0.25, -0.2) is 4.98 Å². The van der Waals surface area contributed by atoms with Crippen LogP contribution in [0.15, 0.2) is 54.9 Å². The van der Waals surface area contributed by atoms with Crippen molar-refractivity contribution in [1.82, 2.24) is 19.6 Å². The fourth-order valence-electron chi connectivity index (χ4n) is 2.44. The molecule has 0 aliphatic rings. The maximum atomic E-state index is 5.31. The molecule has 0 saturated carbocycles. The van der Waals surface area contributed by atoms with Gasteiger partial charge in [0.05, 0.1) is 7.11 Å². The molecule has 0 aliphatic heterocycles. The van der Waals surface area contributed by atoms with E-state index in [1.165, 1.54) is 0 Å². The summed E-state index contributed by atoms with van der Waals surface area (Å²) in [6.07, 6.45) is 3.64. The molecule has 0 atom stereocenters. The van der Waals surface area contributed by atoms with Gasteiger partial charge < -0.3 is 4.74 Å². The van der Waals surface area contributed by atoms with Crippen LogP contribution in [-0.2, 0) is 0 Å². The Kier molecular flexibility index (Phi) is 2.57. The van der Waals surface area contributed by atoms with E-state index in [0.717, 1.165) is 22.0 Å². The van der Waals surface area contributed by atoms with Gasteiger partial charge in [0.15, 0.2) is 11.5 Å². The number of pyridine rings is 2. The lowest BCUT2D eigenvalue weighted by Gasteiger charge is -2.01. The highest BCUT2D eigenvalue weighted by Crippen LogP contribution is 2.26. The van der Waals surface area contributed by atoms with Gasteiger partial charge in [-0.1, -0.05) is 30.3 Å². The molecule has 0 spiro atoms. The fourth-order valence-corrected chi connectivity index (χ4v) is 2.44. The van der Waals surface area contributed by atoms with Crippen LogP contribution in [0.4, 0.5) is 0 Å². The molecule has 102 valence electrons. The largest absolute Gasteiger partial charge is 0.481 e. The summed E-state index contributed by atoms with van der Waals surface area (Å²) < 4.78 is 7.00. The van der Waals surface area contributed by atoms with Crippen molar-refractivity contribution in [2.45, 2.75) is 0 Å². The first kappa shape index (κ1) is 11.8. The van der Waals surface area contributed by atoms with E-state index in [4.69, 9.17) is 4.74 Å². The quantitative estimate of drug-likeness (QED) is 0.565. The molecule has 5 heteroatoms. The molecule has 1 aromatic carbocycles. The van der Waals surface area contributed by atoms with Crippen molar-refractivity contribution < 1.29 is 4.74 Å². The van der Waals surface area contributed by atoms with Crippen molar-refractivity contribution in [2.75, 3.05) is 7.11 Å². The molecule has 0 unspecified atom stereocenters. The number of hydrogen-bond donors (Lipinski definition) is 0. The first-order valence-electron chi connectivity index (χ1n) is 6.60. The third-order valence-corrected chi connectivity index (χ3v) is 3.44. The van der Waals surface area contributed by atoms with Crippen LogP contribution in [0.25, 0.3) is 27.8 Å². The topological polar surface area (TPSA) is 52.3 Å². The molecule has 0 saturated heterocycles. The Hall–Kier alpha value is -2.95. The van der Waals surface area contributed by atoms with E-state index in [9.17, 15) is 0 Å². The predicted molar refractivity (Wildman–Crippen MR) is 80.3 cm³/mol. The van der Waals surface area contributed by atoms with Crippen LogP contribution in [0.3, 0.4) is 0 Å². The third-order valence-electron chi connectivity index (χ3n) is 3.44. The second-order valence-corrected chi connectivity index (χ2v) is 4.68. The van der Waals surface area contributed by atoms with Crippen LogP contribution in [0, 0.1) is 0 Å². The van der Waals surface area contributed by atoms with Crippen LogP contribution in [0.2, 0.25) is 0 Å². The molecule has 0 bridgehead atoms. The summed E-state index contributed by atoms with van der Waals surface area (Å²) in [6, 6.07) is 13.7. The molecule has 0 fully saturated rings. The van der Waals surface area contributed by atoms with Gasteiger partial charge in [0.1, 0.15) is 0 Å². The molecule has 3 aromatic heterocycles. The molecular weight excluding hydrogens is 264 g/mol. The maximum absolute atomic E-state index is 5.31. The first-order chi connectivity index (χ1) is 10.4. The van der Waals surface area contributed by atoms with Crippen LogP contribution in [0.5, 0.6) is 5.88 Å². The lowest BCUT2D eigenvalue weighted by atomic mass is 10.1. The minimum Gasteiger partial charge on any atom is -0.481 e. The Morgan fingerprint density at radius 3 is 2.81 bits per heavy atom. The Balaban J connectivity index is 2.01. The zero-order valence-electron chi connectivity index (χ0n) is 11.4. The zero-order valence-corrected chi connectivity index (χ0v) is 11.4. The predicted octanol–water partition coefficient (Wildman–Crippen LogP) is 2.95. The van der Waals surface area contributed by atoms with Crippen LogP contribution in [-0.4, -0.2) is 26.7 Å². The molecule has 3 heterocycles. The Bertz CT molecular complexity index is 940. The molecular formula is C16H12N4O.